The highest BCUT2D eigenvalue weighted by molar-refractivity contribution is 6.01. The molecule has 3 rings (SSSR count). The Morgan fingerprint density at radius 2 is 1.86 bits per heavy atom. The number of aliphatic hydroxyl groups is 1. The molecular formula is C18H22N2O2. The van der Waals surface area contributed by atoms with Crippen LogP contribution in [-0.4, -0.2) is 35.2 Å². The summed E-state index contributed by atoms with van der Waals surface area (Å²) in [6.07, 6.45) is 1.43. The van der Waals surface area contributed by atoms with Gasteiger partial charge in [0, 0.05) is 18.5 Å². The van der Waals surface area contributed by atoms with E-state index in [1.54, 1.807) is 0 Å². The van der Waals surface area contributed by atoms with E-state index in [1.807, 2.05) is 54.3 Å². The molecule has 4 heteroatoms. The zero-order valence-corrected chi connectivity index (χ0v) is 12.8. The Labute approximate surface area is 130 Å². The maximum atomic E-state index is 12.4. The summed E-state index contributed by atoms with van der Waals surface area (Å²) in [5.74, 6) is 0.307. The largest absolute Gasteiger partial charge is 0.393 e. The number of amides is 2. The van der Waals surface area contributed by atoms with E-state index in [1.165, 1.54) is 0 Å². The number of aliphatic hydroxyl groups excluding tert-OH is 1. The van der Waals surface area contributed by atoms with Gasteiger partial charge in [-0.3, -0.25) is 0 Å². The van der Waals surface area contributed by atoms with Crippen molar-refractivity contribution in [3.05, 3.63) is 42.5 Å². The SMILES string of the molecule is CC(O)C1CCN(C(=O)Nc2cccc3ccccc23)CC1. The number of urea groups is 1. The number of hydrogen-bond donors (Lipinski definition) is 2. The second-order valence-corrected chi connectivity index (χ2v) is 6.02. The minimum Gasteiger partial charge on any atom is -0.393 e. The van der Waals surface area contributed by atoms with Crippen molar-refractivity contribution in [3.63, 3.8) is 0 Å². The number of likely N-dealkylation sites (tertiary alicyclic amines) is 1. The summed E-state index contributed by atoms with van der Waals surface area (Å²) in [7, 11) is 0. The summed E-state index contributed by atoms with van der Waals surface area (Å²) in [5.41, 5.74) is 0.848. The van der Waals surface area contributed by atoms with Crippen LogP contribution in [0.15, 0.2) is 42.5 Å². The number of anilines is 1. The van der Waals surface area contributed by atoms with Crippen LogP contribution in [0.25, 0.3) is 10.8 Å². The van der Waals surface area contributed by atoms with Crippen molar-refractivity contribution in [2.75, 3.05) is 18.4 Å². The van der Waals surface area contributed by atoms with Gasteiger partial charge in [-0.05, 0) is 37.1 Å². The second kappa shape index (κ2) is 6.36. The van der Waals surface area contributed by atoms with Gasteiger partial charge in [0.25, 0.3) is 0 Å². The molecule has 1 aliphatic heterocycles. The van der Waals surface area contributed by atoms with Crippen LogP contribution in [0.3, 0.4) is 0 Å². The maximum absolute atomic E-state index is 12.4. The van der Waals surface area contributed by atoms with Crippen molar-refractivity contribution >= 4 is 22.5 Å². The summed E-state index contributed by atoms with van der Waals surface area (Å²) in [6, 6.07) is 13.9. The molecule has 1 saturated heterocycles. The van der Waals surface area contributed by atoms with Gasteiger partial charge in [-0.2, -0.15) is 0 Å². The number of nitrogens with one attached hydrogen (secondary N) is 1. The molecule has 0 spiro atoms. The monoisotopic (exact) mass is 298 g/mol. The predicted octanol–water partition coefficient (Wildman–Crippen LogP) is 3.46. The quantitative estimate of drug-likeness (QED) is 0.892. The molecule has 116 valence electrons. The Hall–Kier alpha value is -2.07. The molecule has 1 heterocycles. The van der Waals surface area contributed by atoms with Crippen LogP contribution in [-0.2, 0) is 0 Å². The van der Waals surface area contributed by atoms with Gasteiger partial charge in [0.2, 0.25) is 0 Å². The number of rotatable bonds is 2. The lowest BCUT2D eigenvalue weighted by Crippen LogP contribution is -2.42. The molecule has 1 fully saturated rings. The van der Waals surface area contributed by atoms with Crippen LogP contribution >= 0.6 is 0 Å². The van der Waals surface area contributed by atoms with Crippen molar-refractivity contribution in [1.82, 2.24) is 4.90 Å². The number of benzene rings is 2. The summed E-state index contributed by atoms with van der Waals surface area (Å²) in [4.78, 5) is 14.3. The number of nitrogens with zero attached hydrogens (tertiary/aromatic N) is 1. The summed E-state index contributed by atoms with van der Waals surface area (Å²) in [5, 5.41) is 14.8. The fourth-order valence-corrected chi connectivity index (χ4v) is 3.11. The van der Waals surface area contributed by atoms with Crippen LogP contribution in [0.5, 0.6) is 0 Å². The highest BCUT2D eigenvalue weighted by atomic mass is 16.3. The fourth-order valence-electron chi connectivity index (χ4n) is 3.11. The minimum absolute atomic E-state index is 0.0552. The average molecular weight is 298 g/mol. The first-order valence-electron chi connectivity index (χ1n) is 7.87. The average Bonchev–Trinajstić information content (AvgIpc) is 2.55. The smallest absolute Gasteiger partial charge is 0.321 e. The van der Waals surface area contributed by atoms with Gasteiger partial charge in [0.15, 0.2) is 0 Å². The summed E-state index contributed by atoms with van der Waals surface area (Å²) < 4.78 is 0. The molecule has 1 aliphatic rings. The van der Waals surface area contributed by atoms with Crippen LogP contribution in [0.4, 0.5) is 10.5 Å². The van der Waals surface area contributed by atoms with Gasteiger partial charge in [-0.1, -0.05) is 36.4 Å². The van der Waals surface area contributed by atoms with E-state index in [-0.39, 0.29) is 12.1 Å². The zero-order valence-electron chi connectivity index (χ0n) is 12.8. The van der Waals surface area contributed by atoms with E-state index in [9.17, 15) is 9.90 Å². The first-order valence-corrected chi connectivity index (χ1v) is 7.87. The number of fused-ring (bicyclic) bond motifs is 1. The molecular weight excluding hydrogens is 276 g/mol. The van der Waals surface area contributed by atoms with Crippen LogP contribution in [0, 0.1) is 5.92 Å². The van der Waals surface area contributed by atoms with Crippen molar-refractivity contribution in [2.45, 2.75) is 25.9 Å². The molecule has 0 bridgehead atoms. The van der Waals surface area contributed by atoms with Crippen LogP contribution in [0.2, 0.25) is 0 Å². The van der Waals surface area contributed by atoms with Crippen molar-refractivity contribution < 1.29 is 9.90 Å². The number of carbonyl (C=O) groups is 1. The van der Waals surface area contributed by atoms with E-state index in [0.717, 1.165) is 29.3 Å². The molecule has 22 heavy (non-hydrogen) atoms. The molecule has 0 saturated carbocycles. The lowest BCUT2D eigenvalue weighted by Gasteiger charge is -2.33. The maximum Gasteiger partial charge on any atom is 0.321 e. The van der Waals surface area contributed by atoms with Crippen molar-refractivity contribution in [1.29, 1.82) is 0 Å². The second-order valence-electron chi connectivity index (χ2n) is 6.02. The Morgan fingerprint density at radius 1 is 1.18 bits per heavy atom. The number of piperidine rings is 1. The molecule has 4 nitrogen and oxygen atoms in total. The van der Waals surface area contributed by atoms with E-state index < -0.39 is 0 Å². The molecule has 2 amide bonds. The molecule has 0 radical (unpaired) electrons. The van der Waals surface area contributed by atoms with Gasteiger partial charge >= 0.3 is 6.03 Å². The Balaban J connectivity index is 1.69. The molecule has 1 atom stereocenters. The molecule has 1 unspecified atom stereocenters. The van der Waals surface area contributed by atoms with Gasteiger partial charge in [0.1, 0.15) is 0 Å². The zero-order chi connectivity index (χ0) is 15.5. The number of carbonyl (C=O) groups excluding carboxylic acids is 1. The lowest BCUT2D eigenvalue weighted by molar-refractivity contribution is 0.0820. The third kappa shape index (κ3) is 3.07. The van der Waals surface area contributed by atoms with Crippen LogP contribution in [0.1, 0.15) is 19.8 Å². The molecule has 2 aromatic carbocycles. The van der Waals surface area contributed by atoms with Crippen LogP contribution < -0.4 is 5.32 Å². The summed E-state index contributed by atoms with van der Waals surface area (Å²) in [6.45, 7) is 3.23. The molecule has 2 N–H and O–H groups in total. The third-order valence-corrected chi connectivity index (χ3v) is 4.54. The molecule has 2 aromatic rings. The first-order chi connectivity index (χ1) is 10.6. The summed E-state index contributed by atoms with van der Waals surface area (Å²) >= 11 is 0. The minimum atomic E-state index is -0.289. The van der Waals surface area contributed by atoms with E-state index in [4.69, 9.17) is 0 Å². The van der Waals surface area contributed by atoms with Gasteiger partial charge in [-0.15, -0.1) is 0 Å². The highest BCUT2D eigenvalue weighted by Gasteiger charge is 2.25. The third-order valence-electron chi connectivity index (χ3n) is 4.54. The fraction of sp³-hybridized carbons (Fsp3) is 0.389. The molecule has 0 aromatic heterocycles. The Morgan fingerprint density at radius 3 is 2.59 bits per heavy atom. The molecule has 0 aliphatic carbocycles. The Bertz CT molecular complexity index is 656. The van der Waals surface area contributed by atoms with Gasteiger partial charge in [0.05, 0.1) is 11.8 Å². The predicted molar refractivity (Wildman–Crippen MR) is 88.9 cm³/mol. The Kier molecular flexibility index (Phi) is 4.29. The lowest BCUT2D eigenvalue weighted by atomic mass is 9.92. The van der Waals surface area contributed by atoms with E-state index in [2.05, 4.69) is 5.32 Å². The van der Waals surface area contributed by atoms with E-state index in [0.29, 0.717) is 19.0 Å². The van der Waals surface area contributed by atoms with Crippen molar-refractivity contribution in [3.8, 4) is 0 Å². The normalized spacial score (nSPS) is 17.5. The first kappa shape index (κ1) is 14.9. The number of hydrogen-bond acceptors (Lipinski definition) is 2. The van der Waals surface area contributed by atoms with Crippen molar-refractivity contribution in [2.24, 2.45) is 5.92 Å². The highest BCUT2D eigenvalue weighted by Crippen LogP contribution is 2.25. The standard InChI is InChI=1S/C18H22N2O2/c1-13(21)14-9-11-20(12-10-14)18(22)19-17-8-4-6-15-5-2-3-7-16(15)17/h2-8,13-14,21H,9-12H2,1H3,(H,19,22). The van der Waals surface area contributed by atoms with E-state index >= 15 is 0 Å². The topological polar surface area (TPSA) is 52.6 Å². The van der Waals surface area contributed by atoms with Gasteiger partial charge in [-0.25, -0.2) is 4.79 Å². The van der Waals surface area contributed by atoms with Gasteiger partial charge < -0.3 is 15.3 Å².